The SMILES string of the molecule is O=C(CSc1ncccn1)N(c1ccccc1)[C@@H]1CCS(=O)(=O)C1. The number of hydrogen-bond acceptors (Lipinski definition) is 6. The fourth-order valence-corrected chi connectivity index (χ4v) is 5.04. The van der Waals surface area contributed by atoms with Crippen molar-refractivity contribution in [3.05, 3.63) is 48.8 Å². The number of carbonyl (C=O) groups excluding carboxylic acids is 1. The first-order valence-electron chi connectivity index (χ1n) is 7.52. The molecule has 1 atom stereocenters. The van der Waals surface area contributed by atoms with E-state index in [1.165, 1.54) is 11.8 Å². The summed E-state index contributed by atoms with van der Waals surface area (Å²) in [7, 11) is -3.07. The van der Waals surface area contributed by atoms with E-state index in [-0.39, 0.29) is 29.2 Å². The normalized spacial score (nSPS) is 19.1. The average Bonchev–Trinajstić information content (AvgIpc) is 2.95. The van der Waals surface area contributed by atoms with Gasteiger partial charge in [-0.25, -0.2) is 18.4 Å². The van der Waals surface area contributed by atoms with Crippen LogP contribution < -0.4 is 4.90 Å². The first-order valence-corrected chi connectivity index (χ1v) is 10.3. The molecule has 1 aromatic heterocycles. The van der Waals surface area contributed by atoms with Crippen LogP contribution >= 0.6 is 11.8 Å². The lowest BCUT2D eigenvalue weighted by atomic mass is 10.2. The lowest BCUT2D eigenvalue weighted by Gasteiger charge is -2.28. The van der Waals surface area contributed by atoms with E-state index in [1.54, 1.807) is 23.4 Å². The number of nitrogens with zero attached hydrogens (tertiary/aromatic N) is 3. The smallest absolute Gasteiger partial charge is 0.237 e. The third kappa shape index (κ3) is 4.12. The van der Waals surface area contributed by atoms with Gasteiger partial charge in [0.15, 0.2) is 15.0 Å². The highest BCUT2D eigenvalue weighted by molar-refractivity contribution is 7.99. The summed E-state index contributed by atoms with van der Waals surface area (Å²) in [5.74, 6) is 0.166. The van der Waals surface area contributed by atoms with Gasteiger partial charge in [0.05, 0.1) is 23.3 Å². The standard InChI is InChI=1S/C16H17N3O3S2/c20-15(11-23-16-17-8-4-9-18-16)19(13-5-2-1-3-6-13)14-7-10-24(21,22)12-14/h1-6,8-9,14H,7,10-12H2/t14-/m1/s1. The van der Waals surface area contributed by atoms with Crippen molar-refractivity contribution in [2.45, 2.75) is 17.6 Å². The van der Waals surface area contributed by atoms with Gasteiger partial charge < -0.3 is 4.90 Å². The monoisotopic (exact) mass is 363 g/mol. The van der Waals surface area contributed by atoms with Crippen LogP contribution in [0.2, 0.25) is 0 Å². The van der Waals surface area contributed by atoms with Crippen LogP contribution in [0, 0.1) is 0 Å². The Morgan fingerprint density at radius 3 is 2.50 bits per heavy atom. The summed E-state index contributed by atoms with van der Waals surface area (Å²) in [4.78, 5) is 22.6. The number of thioether (sulfide) groups is 1. The van der Waals surface area contributed by atoms with Crippen LogP contribution in [0.5, 0.6) is 0 Å². The van der Waals surface area contributed by atoms with Crippen molar-refractivity contribution in [3.63, 3.8) is 0 Å². The fraction of sp³-hybridized carbons (Fsp3) is 0.312. The molecule has 126 valence electrons. The summed E-state index contributed by atoms with van der Waals surface area (Å²) in [5, 5.41) is 0.526. The van der Waals surface area contributed by atoms with Crippen molar-refractivity contribution in [1.29, 1.82) is 0 Å². The van der Waals surface area contributed by atoms with Gasteiger partial charge in [-0.3, -0.25) is 4.79 Å². The molecule has 1 saturated heterocycles. The van der Waals surface area contributed by atoms with Crippen molar-refractivity contribution in [2.75, 3.05) is 22.2 Å². The minimum atomic E-state index is -3.07. The lowest BCUT2D eigenvalue weighted by Crippen LogP contribution is -2.42. The van der Waals surface area contributed by atoms with Crippen LogP contribution in [-0.4, -0.2) is 47.6 Å². The van der Waals surface area contributed by atoms with E-state index in [0.29, 0.717) is 11.6 Å². The molecule has 0 radical (unpaired) electrons. The largest absolute Gasteiger partial charge is 0.308 e. The number of sulfone groups is 1. The van der Waals surface area contributed by atoms with Crippen molar-refractivity contribution >= 4 is 33.2 Å². The first-order chi connectivity index (χ1) is 11.6. The highest BCUT2D eigenvalue weighted by Gasteiger charge is 2.35. The van der Waals surface area contributed by atoms with Gasteiger partial charge >= 0.3 is 0 Å². The lowest BCUT2D eigenvalue weighted by molar-refractivity contribution is -0.116. The van der Waals surface area contributed by atoms with Gasteiger partial charge in [-0.05, 0) is 24.6 Å². The molecule has 6 nitrogen and oxygen atoms in total. The molecular weight excluding hydrogens is 346 g/mol. The van der Waals surface area contributed by atoms with Crippen molar-refractivity contribution in [1.82, 2.24) is 9.97 Å². The Morgan fingerprint density at radius 1 is 1.17 bits per heavy atom. The highest BCUT2D eigenvalue weighted by Crippen LogP contribution is 2.26. The van der Waals surface area contributed by atoms with Crippen LogP contribution in [0.3, 0.4) is 0 Å². The first kappa shape index (κ1) is 16.9. The number of carbonyl (C=O) groups is 1. The average molecular weight is 363 g/mol. The van der Waals surface area contributed by atoms with Crippen molar-refractivity contribution in [2.24, 2.45) is 0 Å². The van der Waals surface area contributed by atoms with Gasteiger partial charge in [0, 0.05) is 18.1 Å². The highest BCUT2D eigenvalue weighted by atomic mass is 32.2. The third-order valence-corrected chi connectivity index (χ3v) is 6.35. The topological polar surface area (TPSA) is 80.2 Å². The molecular formula is C16H17N3O3S2. The minimum absolute atomic E-state index is 0.0140. The number of benzene rings is 1. The van der Waals surface area contributed by atoms with Crippen molar-refractivity contribution < 1.29 is 13.2 Å². The molecule has 8 heteroatoms. The Balaban J connectivity index is 1.78. The van der Waals surface area contributed by atoms with Crippen LogP contribution in [0.4, 0.5) is 5.69 Å². The van der Waals surface area contributed by atoms with Gasteiger partial charge in [-0.15, -0.1) is 0 Å². The Hall–Kier alpha value is -1.93. The molecule has 3 rings (SSSR count). The molecule has 1 amide bonds. The Morgan fingerprint density at radius 2 is 1.88 bits per heavy atom. The summed E-state index contributed by atoms with van der Waals surface area (Å²) in [5.41, 5.74) is 0.721. The Kier molecular flexibility index (Phi) is 5.15. The fourth-order valence-electron chi connectivity index (χ4n) is 2.68. The zero-order valence-electron chi connectivity index (χ0n) is 12.9. The predicted octanol–water partition coefficient (Wildman–Crippen LogP) is 1.79. The number of amides is 1. The van der Waals surface area contributed by atoms with Gasteiger partial charge in [-0.1, -0.05) is 30.0 Å². The molecule has 1 aliphatic rings. The van der Waals surface area contributed by atoms with Crippen LogP contribution in [0.15, 0.2) is 53.9 Å². The summed E-state index contributed by atoms with van der Waals surface area (Å²) in [6, 6.07) is 10.6. The number of anilines is 1. The molecule has 1 fully saturated rings. The molecule has 0 saturated carbocycles. The molecule has 0 spiro atoms. The molecule has 0 bridgehead atoms. The van der Waals surface area contributed by atoms with Gasteiger partial charge in [-0.2, -0.15) is 0 Å². The van der Waals surface area contributed by atoms with Gasteiger partial charge in [0.25, 0.3) is 0 Å². The summed E-state index contributed by atoms with van der Waals surface area (Å²) >= 11 is 1.25. The summed E-state index contributed by atoms with van der Waals surface area (Å²) in [6.45, 7) is 0. The molecule has 2 aromatic rings. The summed E-state index contributed by atoms with van der Waals surface area (Å²) in [6.07, 6.45) is 3.71. The van der Waals surface area contributed by atoms with E-state index in [4.69, 9.17) is 0 Å². The quantitative estimate of drug-likeness (QED) is 0.595. The Bertz CT molecular complexity index is 798. The zero-order chi connectivity index (χ0) is 17.0. The molecule has 1 aliphatic heterocycles. The van der Waals surface area contributed by atoms with E-state index in [2.05, 4.69) is 9.97 Å². The van der Waals surface area contributed by atoms with E-state index in [9.17, 15) is 13.2 Å². The molecule has 0 N–H and O–H groups in total. The van der Waals surface area contributed by atoms with Crippen LogP contribution in [0.25, 0.3) is 0 Å². The Labute approximate surface area is 145 Å². The second kappa shape index (κ2) is 7.31. The number of aromatic nitrogens is 2. The molecule has 0 aliphatic carbocycles. The van der Waals surface area contributed by atoms with Gasteiger partial charge in [0.1, 0.15) is 0 Å². The van der Waals surface area contributed by atoms with Crippen LogP contribution in [-0.2, 0) is 14.6 Å². The second-order valence-corrected chi connectivity index (χ2v) is 8.65. The molecule has 0 unspecified atom stereocenters. The minimum Gasteiger partial charge on any atom is -0.308 e. The molecule has 1 aromatic carbocycles. The number of hydrogen-bond donors (Lipinski definition) is 0. The van der Waals surface area contributed by atoms with E-state index < -0.39 is 9.84 Å². The molecule has 24 heavy (non-hydrogen) atoms. The third-order valence-electron chi connectivity index (χ3n) is 3.74. The van der Waals surface area contributed by atoms with E-state index in [1.807, 2.05) is 30.3 Å². The van der Waals surface area contributed by atoms with E-state index in [0.717, 1.165) is 5.69 Å². The number of rotatable bonds is 5. The maximum absolute atomic E-state index is 12.8. The summed E-state index contributed by atoms with van der Waals surface area (Å²) < 4.78 is 23.6. The van der Waals surface area contributed by atoms with E-state index >= 15 is 0 Å². The maximum Gasteiger partial charge on any atom is 0.237 e. The zero-order valence-corrected chi connectivity index (χ0v) is 14.5. The van der Waals surface area contributed by atoms with Gasteiger partial charge in [0.2, 0.25) is 5.91 Å². The number of para-hydroxylation sites is 1. The predicted molar refractivity (Wildman–Crippen MR) is 93.7 cm³/mol. The van der Waals surface area contributed by atoms with Crippen LogP contribution in [0.1, 0.15) is 6.42 Å². The van der Waals surface area contributed by atoms with Crippen molar-refractivity contribution in [3.8, 4) is 0 Å². The maximum atomic E-state index is 12.8. The molecule has 2 heterocycles. The second-order valence-electron chi connectivity index (χ2n) is 5.48.